The number of likely N-dealkylation sites (tertiary alicyclic amines) is 1. The topological polar surface area (TPSA) is 104 Å². The van der Waals surface area contributed by atoms with Crippen molar-refractivity contribution in [3.63, 3.8) is 0 Å². The summed E-state index contributed by atoms with van der Waals surface area (Å²) in [6, 6.07) is 26.1. The lowest BCUT2D eigenvalue weighted by Gasteiger charge is -2.42. The predicted molar refractivity (Wildman–Crippen MR) is 161 cm³/mol. The fourth-order valence-electron chi connectivity index (χ4n) is 6.23. The van der Waals surface area contributed by atoms with Crippen LogP contribution in [0.15, 0.2) is 84.9 Å². The van der Waals surface area contributed by atoms with Crippen molar-refractivity contribution in [1.82, 2.24) is 4.90 Å². The van der Waals surface area contributed by atoms with Crippen molar-refractivity contribution in [3.8, 4) is 0 Å². The van der Waals surface area contributed by atoms with Crippen LogP contribution in [0.4, 0.5) is 0 Å². The van der Waals surface area contributed by atoms with Crippen LogP contribution in [0.2, 0.25) is 0 Å². The molecule has 42 heavy (non-hydrogen) atoms. The zero-order valence-corrected chi connectivity index (χ0v) is 24.5. The SMILES string of the molecule is CCOC(=O)C(CC)(C(=O)O)c1ccc(C(=O)CCCN2CCC(C(O)(c3ccccc3)c3ccccc3)CC2)cc1. The summed E-state index contributed by atoms with van der Waals surface area (Å²) in [5.41, 5.74) is -0.230. The highest BCUT2D eigenvalue weighted by molar-refractivity contribution is 6.05. The van der Waals surface area contributed by atoms with E-state index in [9.17, 15) is 24.6 Å². The first kappa shape index (κ1) is 31.1. The Labute approximate surface area is 248 Å². The normalized spacial score (nSPS) is 16.0. The molecule has 7 nitrogen and oxygen atoms in total. The van der Waals surface area contributed by atoms with Gasteiger partial charge < -0.3 is 19.8 Å². The van der Waals surface area contributed by atoms with E-state index in [2.05, 4.69) is 4.90 Å². The molecule has 222 valence electrons. The summed E-state index contributed by atoms with van der Waals surface area (Å²) in [6.07, 6.45) is 2.80. The molecule has 3 aromatic carbocycles. The Balaban J connectivity index is 1.33. The summed E-state index contributed by atoms with van der Waals surface area (Å²) in [5.74, 6) is -2.01. The number of hydrogen-bond acceptors (Lipinski definition) is 6. The number of nitrogens with zero attached hydrogens (tertiary/aromatic N) is 1. The van der Waals surface area contributed by atoms with E-state index in [0.717, 1.165) is 43.6 Å². The molecular weight excluding hydrogens is 530 g/mol. The third kappa shape index (κ3) is 6.32. The Bertz CT molecular complexity index is 1290. The molecule has 1 atom stereocenters. The highest BCUT2D eigenvalue weighted by Gasteiger charge is 2.48. The minimum atomic E-state index is -1.79. The number of benzene rings is 3. The summed E-state index contributed by atoms with van der Waals surface area (Å²) in [6.45, 7) is 5.83. The van der Waals surface area contributed by atoms with E-state index in [-0.39, 0.29) is 24.7 Å². The first-order valence-electron chi connectivity index (χ1n) is 14.9. The van der Waals surface area contributed by atoms with E-state index in [1.165, 1.54) is 0 Å². The van der Waals surface area contributed by atoms with Crippen LogP contribution in [-0.2, 0) is 25.3 Å². The number of carbonyl (C=O) groups excluding carboxylic acids is 2. The molecule has 0 aromatic heterocycles. The van der Waals surface area contributed by atoms with Crippen LogP contribution >= 0.6 is 0 Å². The van der Waals surface area contributed by atoms with Gasteiger partial charge in [0, 0.05) is 12.0 Å². The lowest BCUT2D eigenvalue weighted by molar-refractivity contribution is -0.161. The molecule has 0 spiro atoms. The molecule has 3 aromatic rings. The number of ketones is 1. The fraction of sp³-hybridized carbons (Fsp3) is 0.400. The molecule has 0 aliphatic carbocycles. The van der Waals surface area contributed by atoms with Crippen LogP contribution in [0.1, 0.15) is 73.0 Å². The number of carbonyl (C=O) groups is 3. The maximum absolute atomic E-state index is 12.9. The van der Waals surface area contributed by atoms with Gasteiger partial charge >= 0.3 is 11.9 Å². The molecule has 7 heteroatoms. The van der Waals surface area contributed by atoms with Gasteiger partial charge in [-0.2, -0.15) is 0 Å². The molecule has 1 aliphatic heterocycles. The largest absolute Gasteiger partial charge is 0.480 e. The minimum absolute atomic E-state index is 0.0208. The molecule has 1 unspecified atom stereocenters. The van der Waals surface area contributed by atoms with Crippen molar-refractivity contribution >= 4 is 17.7 Å². The number of rotatable bonds is 13. The Kier molecular flexibility index (Phi) is 10.3. The number of carboxylic acids is 1. The van der Waals surface area contributed by atoms with Crippen molar-refractivity contribution in [3.05, 3.63) is 107 Å². The second-order valence-corrected chi connectivity index (χ2v) is 11.0. The van der Waals surface area contributed by atoms with E-state index in [1.807, 2.05) is 60.7 Å². The summed E-state index contributed by atoms with van der Waals surface area (Å²) in [7, 11) is 0. The monoisotopic (exact) mass is 571 g/mol. The molecular formula is C35H41NO6. The third-order valence-electron chi connectivity index (χ3n) is 8.70. The van der Waals surface area contributed by atoms with E-state index < -0.39 is 23.0 Å². The molecule has 1 fully saturated rings. The van der Waals surface area contributed by atoms with Gasteiger partial charge in [-0.05, 0) is 74.8 Å². The Morgan fingerprint density at radius 3 is 1.86 bits per heavy atom. The summed E-state index contributed by atoms with van der Waals surface area (Å²) in [4.78, 5) is 40.0. The zero-order chi connectivity index (χ0) is 30.2. The predicted octanol–water partition coefficient (Wildman–Crippen LogP) is 5.59. The molecule has 1 aliphatic rings. The van der Waals surface area contributed by atoms with Crippen LogP contribution in [0.5, 0.6) is 0 Å². The highest BCUT2D eigenvalue weighted by atomic mass is 16.5. The average Bonchev–Trinajstić information content (AvgIpc) is 3.02. The smallest absolute Gasteiger partial charge is 0.328 e. The van der Waals surface area contributed by atoms with Crippen LogP contribution in [-0.4, -0.2) is 59.1 Å². The molecule has 1 heterocycles. The van der Waals surface area contributed by atoms with Crippen LogP contribution < -0.4 is 0 Å². The van der Waals surface area contributed by atoms with Crippen LogP contribution in [0.3, 0.4) is 0 Å². The van der Waals surface area contributed by atoms with Crippen molar-refractivity contribution in [2.75, 3.05) is 26.2 Å². The molecule has 0 bridgehead atoms. The number of carboxylic acid groups (broad SMARTS) is 1. The summed E-state index contributed by atoms with van der Waals surface area (Å²) < 4.78 is 5.07. The van der Waals surface area contributed by atoms with Crippen LogP contribution in [0.25, 0.3) is 0 Å². The number of Topliss-reactive ketones (excluding diaryl/α,β-unsaturated/α-hetero) is 1. The second-order valence-electron chi connectivity index (χ2n) is 11.0. The first-order valence-corrected chi connectivity index (χ1v) is 14.9. The van der Waals surface area contributed by atoms with Crippen molar-refractivity contribution in [2.45, 2.75) is 57.0 Å². The standard InChI is InChI=1S/C35H41NO6/c1-3-34(32(38)39,33(40)42-4-2)27-19-17-26(18-20-27)31(37)16-11-23-36-24-21-30(22-25-36)35(41,28-12-7-5-8-13-28)29-14-9-6-10-15-29/h5-10,12-15,17-20,30,41H,3-4,11,16,21-25H2,1-2H3,(H,38,39). The average molecular weight is 572 g/mol. The number of aliphatic carboxylic acids is 1. The van der Waals surface area contributed by atoms with E-state index in [1.54, 1.807) is 38.1 Å². The molecule has 0 saturated carbocycles. The summed E-state index contributed by atoms with van der Waals surface area (Å²) >= 11 is 0. The fourth-order valence-corrected chi connectivity index (χ4v) is 6.23. The van der Waals surface area contributed by atoms with Gasteiger partial charge in [0.05, 0.1) is 6.61 Å². The lowest BCUT2D eigenvalue weighted by atomic mass is 9.72. The highest BCUT2D eigenvalue weighted by Crippen LogP contribution is 2.42. The van der Waals surface area contributed by atoms with Gasteiger partial charge in [-0.25, -0.2) is 0 Å². The van der Waals surface area contributed by atoms with Gasteiger partial charge in [0.2, 0.25) is 0 Å². The maximum Gasteiger partial charge on any atom is 0.328 e. The molecule has 4 rings (SSSR count). The zero-order valence-electron chi connectivity index (χ0n) is 24.5. The van der Waals surface area contributed by atoms with Gasteiger partial charge in [-0.15, -0.1) is 0 Å². The van der Waals surface area contributed by atoms with Gasteiger partial charge in [0.1, 0.15) is 5.60 Å². The quantitative estimate of drug-likeness (QED) is 0.157. The Morgan fingerprint density at radius 1 is 0.833 bits per heavy atom. The van der Waals surface area contributed by atoms with Gasteiger partial charge in [0.25, 0.3) is 0 Å². The number of aliphatic hydroxyl groups is 1. The maximum atomic E-state index is 12.9. The van der Waals surface area contributed by atoms with Gasteiger partial charge in [0.15, 0.2) is 11.2 Å². The number of esters is 1. The first-order chi connectivity index (χ1) is 20.3. The second kappa shape index (κ2) is 13.9. The van der Waals surface area contributed by atoms with E-state index in [4.69, 9.17) is 4.74 Å². The van der Waals surface area contributed by atoms with Gasteiger partial charge in [-0.3, -0.25) is 14.4 Å². The molecule has 0 amide bonds. The number of hydrogen-bond donors (Lipinski definition) is 2. The van der Waals surface area contributed by atoms with Crippen LogP contribution in [0, 0.1) is 5.92 Å². The third-order valence-corrected chi connectivity index (χ3v) is 8.70. The van der Waals surface area contributed by atoms with Crippen molar-refractivity contribution in [2.24, 2.45) is 5.92 Å². The minimum Gasteiger partial charge on any atom is -0.480 e. The van der Waals surface area contributed by atoms with Gasteiger partial charge in [-0.1, -0.05) is 91.9 Å². The molecule has 0 radical (unpaired) electrons. The number of ether oxygens (including phenoxy) is 1. The Morgan fingerprint density at radius 2 is 1.38 bits per heavy atom. The van der Waals surface area contributed by atoms with E-state index >= 15 is 0 Å². The Hall–Kier alpha value is -3.81. The number of piperidine rings is 1. The molecule has 2 N–H and O–H groups in total. The molecule has 1 saturated heterocycles. The van der Waals surface area contributed by atoms with Crippen molar-refractivity contribution in [1.29, 1.82) is 0 Å². The van der Waals surface area contributed by atoms with Crippen molar-refractivity contribution < 1.29 is 29.3 Å². The van der Waals surface area contributed by atoms with E-state index in [0.29, 0.717) is 24.0 Å². The summed E-state index contributed by atoms with van der Waals surface area (Å²) in [5, 5.41) is 22.0. The lowest BCUT2D eigenvalue weighted by Crippen LogP contribution is -2.44.